The SMILES string of the molecule is CC/C=C\C/C=C\C/C=C\C[C@@H](O)/C=C/[C@H](O)[C@H]1C[C@H](O)[C@H](CCC(=O)O)O1. The van der Waals surface area contributed by atoms with Crippen LogP contribution in [-0.2, 0) is 9.53 Å². The summed E-state index contributed by atoms with van der Waals surface area (Å²) in [5.74, 6) is -0.945. The minimum absolute atomic E-state index is 0.0872. The van der Waals surface area contributed by atoms with Gasteiger partial charge in [-0.2, -0.15) is 0 Å². The van der Waals surface area contributed by atoms with E-state index in [-0.39, 0.29) is 19.3 Å². The third-order valence-corrected chi connectivity index (χ3v) is 4.46. The minimum Gasteiger partial charge on any atom is -0.481 e. The second-order valence-electron chi connectivity index (χ2n) is 6.92. The van der Waals surface area contributed by atoms with Crippen molar-refractivity contribution in [1.29, 1.82) is 0 Å². The first-order chi connectivity index (χ1) is 13.4. The number of aliphatic hydroxyl groups is 3. The lowest BCUT2D eigenvalue weighted by Crippen LogP contribution is -2.25. The first-order valence-electron chi connectivity index (χ1n) is 9.98. The fourth-order valence-electron chi connectivity index (χ4n) is 2.90. The highest BCUT2D eigenvalue weighted by Crippen LogP contribution is 2.26. The number of rotatable bonds is 13. The Labute approximate surface area is 167 Å². The van der Waals surface area contributed by atoms with Crippen LogP contribution in [0.1, 0.15) is 51.9 Å². The van der Waals surface area contributed by atoms with Gasteiger partial charge in [0.2, 0.25) is 0 Å². The second-order valence-corrected chi connectivity index (χ2v) is 6.92. The Hall–Kier alpha value is -1.73. The summed E-state index contributed by atoms with van der Waals surface area (Å²) in [6.07, 6.45) is 15.3. The molecule has 1 saturated heterocycles. The van der Waals surface area contributed by atoms with E-state index in [0.29, 0.717) is 6.42 Å². The van der Waals surface area contributed by atoms with Gasteiger partial charge in [-0.25, -0.2) is 0 Å². The van der Waals surface area contributed by atoms with Gasteiger partial charge < -0.3 is 25.2 Å². The van der Waals surface area contributed by atoms with Gasteiger partial charge in [0.25, 0.3) is 0 Å². The van der Waals surface area contributed by atoms with E-state index >= 15 is 0 Å². The molecule has 0 unspecified atom stereocenters. The predicted molar refractivity (Wildman–Crippen MR) is 109 cm³/mol. The number of hydrogen-bond acceptors (Lipinski definition) is 5. The van der Waals surface area contributed by atoms with E-state index in [1.807, 2.05) is 12.2 Å². The number of ether oxygens (including phenoxy) is 1. The van der Waals surface area contributed by atoms with Gasteiger partial charge in [-0.3, -0.25) is 4.79 Å². The maximum atomic E-state index is 10.6. The van der Waals surface area contributed by atoms with E-state index in [9.17, 15) is 20.1 Å². The minimum atomic E-state index is -0.956. The summed E-state index contributed by atoms with van der Waals surface area (Å²) in [7, 11) is 0. The predicted octanol–water partition coefficient (Wildman–Crippen LogP) is 2.90. The van der Waals surface area contributed by atoms with Crippen LogP contribution in [0.25, 0.3) is 0 Å². The highest BCUT2D eigenvalue weighted by molar-refractivity contribution is 5.66. The molecule has 0 bridgehead atoms. The molecule has 0 aromatic carbocycles. The Morgan fingerprint density at radius 3 is 2.36 bits per heavy atom. The van der Waals surface area contributed by atoms with E-state index in [1.165, 1.54) is 12.2 Å². The molecule has 5 atom stereocenters. The van der Waals surface area contributed by atoms with E-state index in [4.69, 9.17) is 9.84 Å². The summed E-state index contributed by atoms with van der Waals surface area (Å²) in [5, 5.41) is 38.7. The third kappa shape index (κ3) is 10.6. The molecular weight excluding hydrogens is 360 g/mol. The Balaban J connectivity index is 2.28. The summed E-state index contributed by atoms with van der Waals surface area (Å²) in [5.41, 5.74) is 0. The molecule has 0 aromatic heterocycles. The summed E-state index contributed by atoms with van der Waals surface area (Å²) >= 11 is 0. The maximum Gasteiger partial charge on any atom is 0.303 e. The van der Waals surface area contributed by atoms with E-state index in [1.54, 1.807) is 0 Å². The van der Waals surface area contributed by atoms with Gasteiger partial charge in [-0.05, 0) is 32.1 Å². The molecule has 1 aliphatic heterocycles. The molecule has 1 heterocycles. The molecule has 1 aliphatic rings. The van der Waals surface area contributed by atoms with Crippen LogP contribution in [0.3, 0.4) is 0 Å². The molecule has 6 heteroatoms. The first-order valence-corrected chi connectivity index (χ1v) is 9.98. The molecule has 0 aromatic rings. The first kappa shape index (κ1) is 24.3. The normalized spacial score (nSPS) is 25.5. The molecular formula is C22H34O6. The van der Waals surface area contributed by atoms with Gasteiger partial charge >= 0.3 is 5.97 Å². The van der Waals surface area contributed by atoms with Gasteiger partial charge in [-0.15, -0.1) is 0 Å². The lowest BCUT2D eigenvalue weighted by Gasteiger charge is -2.16. The second kappa shape index (κ2) is 14.3. The van der Waals surface area contributed by atoms with Gasteiger partial charge in [0, 0.05) is 12.8 Å². The molecule has 0 radical (unpaired) electrons. The molecule has 0 spiro atoms. The van der Waals surface area contributed by atoms with Crippen molar-refractivity contribution in [2.75, 3.05) is 0 Å². The van der Waals surface area contributed by atoms with Crippen molar-refractivity contribution in [2.24, 2.45) is 0 Å². The topological polar surface area (TPSA) is 107 Å². The summed E-state index contributed by atoms with van der Waals surface area (Å²) in [4.78, 5) is 10.6. The molecule has 4 N–H and O–H groups in total. The van der Waals surface area contributed by atoms with Crippen LogP contribution >= 0.6 is 0 Å². The van der Waals surface area contributed by atoms with Crippen molar-refractivity contribution in [1.82, 2.24) is 0 Å². The van der Waals surface area contributed by atoms with Crippen LogP contribution in [0, 0.1) is 0 Å². The zero-order valence-corrected chi connectivity index (χ0v) is 16.6. The average Bonchev–Trinajstić information content (AvgIpc) is 3.04. The quantitative estimate of drug-likeness (QED) is 0.358. The smallest absolute Gasteiger partial charge is 0.303 e. The van der Waals surface area contributed by atoms with Crippen LogP contribution in [0.4, 0.5) is 0 Å². The number of aliphatic carboxylic acids is 1. The maximum absolute atomic E-state index is 10.6. The zero-order valence-electron chi connectivity index (χ0n) is 16.6. The van der Waals surface area contributed by atoms with Crippen LogP contribution < -0.4 is 0 Å². The molecule has 0 saturated carbocycles. The van der Waals surface area contributed by atoms with Crippen molar-refractivity contribution in [3.05, 3.63) is 48.6 Å². The number of carboxylic acids is 1. The van der Waals surface area contributed by atoms with Crippen molar-refractivity contribution in [3.8, 4) is 0 Å². The molecule has 6 nitrogen and oxygen atoms in total. The van der Waals surface area contributed by atoms with Crippen LogP contribution in [0.15, 0.2) is 48.6 Å². The molecule has 158 valence electrons. The molecule has 28 heavy (non-hydrogen) atoms. The Morgan fingerprint density at radius 1 is 1.07 bits per heavy atom. The highest BCUT2D eigenvalue weighted by Gasteiger charge is 2.36. The monoisotopic (exact) mass is 394 g/mol. The fraction of sp³-hybridized carbons (Fsp3) is 0.591. The Kier molecular flexibility index (Phi) is 12.4. The van der Waals surface area contributed by atoms with Gasteiger partial charge in [0.1, 0.15) is 0 Å². The van der Waals surface area contributed by atoms with Crippen molar-refractivity contribution in [3.63, 3.8) is 0 Å². The summed E-state index contributed by atoms with van der Waals surface area (Å²) in [6, 6.07) is 0. The van der Waals surface area contributed by atoms with Gasteiger partial charge in [0.05, 0.1) is 30.5 Å². The third-order valence-electron chi connectivity index (χ3n) is 4.46. The number of carbonyl (C=O) groups is 1. The number of allylic oxidation sites excluding steroid dienone is 5. The number of aliphatic hydroxyl groups excluding tert-OH is 3. The van der Waals surface area contributed by atoms with E-state index in [2.05, 4.69) is 31.2 Å². The fourth-order valence-corrected chi connectivity index (χ4v) is 2.90. The standard InChI is InChI=1S/C22H34O6/c1-2-3-4-5-6-7-8-9-10-11-17(23)12-13-18(24)21-16-19(25)20(28-21)14-15-22(26)27/h3-4,6-7,9-10,12-13,17-21,23-25H,2,5,8,11,14-16H2,1H3,(H,26,27)/b4-3-,7-6-,10-9-,13-12+/t17-,18+,19+,20+,21-/m1/s1. The molecule has 1 rings (SSSR count). The van der Waals surface area contributed by atoms with Gasteiger partial charge in [-0.1, -0.05) is 55.5 Å². The summed E-state index contributed by atoms with van der Waals surface area (Å²) in [6.45, 7) is 2.10. The van der Waals surface area contributed by atoms with E-state index < -0.39 is 36.5 Å². The van der Waals surface area contributed by atoms with Crippen molar-refractivity contribution < 1.29 is 30.0 Å². The van der Waals surface area contributed by atoms with E-state index in [0.717, 1.165) is 19.3 Å². The largest absolute Gasteiger partial charge is 0.481 e. The van der Waals surface area contributed by atoms with Crippen LogP contribution in [-0.4, -0.2) is 56.9 Å². The van der Waals surface area contributed by atoms with Crippen molar-refractivity contribution in [2.45, 2.75) is 82.4 Å². The van der Waals surface area contributed by atoms with Crippen LogP contribution in [0.5, 0.6) is 0 Å². The van der Waals surface area contributed by atoms with Gasteiger partial charge in [0.15, 0.2) is 0 Å². The summed E-state index contributed by atoms with van der Waals surface area (Å²) < 4.78 is 5.56. The molecule has 0 aliphatic carbocycles. The zero-order chi connectivity index (χ0) is 20.8. The number of carboxylic acid groups (broad SMARTS) is 1. The number of hydrogen-bond donors (Lipinski definition) is 4. The highest BCUT2D eigenvalue weighted by atomic mass is 16.5. The lowest BCUT2D eigenvalue weighted by molar-refractivity contribution is -0.138. The average molecular weight is 395 g/mol. The Morgan fingerprint density at radius 2 is 1.71 bits per heavy atom. The van der Waals surface area contributed by atoms with Crippen LogP contribution in [0.2, 0.25) is 0 Å². The van der Waals surface area contributed by atoms with Crippen molar-refractivity contribution >= 4 is 5.97 Å². The lowest BCUT2D eigenvalue weighted by atomic mass is 10.0. The molecule has 1 fully saturated rings. The Bertz CT molecular complexity index is 551. The molecule has 0 amide bonds.